The van der Waals surface area contributed by atoms with Gasteiger partial charge in [-0.1, -0.05) is 12.1 Å². The van der Waals surface area contributed by atoms with Crippen LogP contribution in [0.2, 0.25) is 0 Å². The number of hydrogen-bond acceptors (Lipinski definition) is 6. The summed E-state index contributed by atoms with van der Waals surface area (Å²) in [6, 6.07) is 13.4. The molecule has 0 saturated carbocycles. The first kappa shape index (κ1) is 21.4. The molecule has 0 aromatic heterocycles. The minimum Gasteiger partial charge on any atom is -0.493 e. The number of Topliss-reactive ketones (excluding diaryl/α,β-unsaturated/α-hetero) is 1. The van der Waals surface area contributed by atoms with Crippen LogP contribution in [0.25, 0.3) is 0 Å². The van der Waals surface area contributed by atoms with E-state index < -0.39 is 22.1 Å². The van der Waals surface area contributed by atoms with E-state index in [1.807, 2.05) is 25.1 Å². The molecule has 7 nitrogen and oxygen atoms in total. The minimum absolute atomic E-state index is 0.0166. The second-order valence-corrected chi connectivity index (χ2v) is 8.11. The average molecular weight is 405 g/mol. The van der Waals surface area contributed by atoms with Crippen molar-refractivity contribution in [1.82, 2.24) is 0 Å². The first-order valence-corrected chi connectivity index (χ1v) is 10.5. The molecule has 8 heteroatoms. The highest BCUT2D eigenvalue weighted by atomic mass is 32.2. The zero-order chi connectivity index (χ0) is 20.7. The van der Waals surface area contributed by atoms with Crippen LogP contribution >= 0.6 is 0 Å². The Hall–Kier alpha value is -2.87. The van der Waals surface area contributed by atoms with E-state index in [1.54, 1.807) is 6.07 Å². The number of carbonyl (C=O) groups is 2. The van der Waals surface area contributed by atoms with Crippen LogP contribution in [0.4, 0.5) is 5.69 Å². The van der Waals surface area contributed by atoms with Gasteiger partial charge in [0, 0.05) is 11.3 Å². The highest BCUT2D eigenvalue weighted by molar-refractivity contribution is 7.92. The standard InChI is InChI=1S/C20H23NO6S/c1-14-5-4-6-18(13-14)26-12-11-19(22)27-15(2)20(23)16-7-9-17(10-8-16)21-28(3,24)25/h4-10,13,15,21H,11-12H2,1-3H3/t15-/m0/s1. The van der Waals surface area contributed by atoms with Crippen molar-refractivity contribution in [1.29, 1.82) is 0 Å². The molecule has 2 aromatic carbocycles. The summed E-state index contributed by atoms with van der Waals surface area (Å²) in [5.41, 5.74) is 1.71. The third kappa shape index (κ3) is 7.03. The zero-order valence-corrected chi connectivity index (χ0v) is 16.8. The second kappa shape index (κ2) is 9.36. The predicted octanol–water partition coefficient (Wildman–Crippen LogP) is 2.95. The van der Waals surface area contributed by atoms with Gasteiger partial charge in [-0.3, -0.25) is 14.3 Å². The molecule has 0 bridgehead atoms. The molecule has 0 unspecified atom stereocenters. The number of ketones is 1. The lowest BCUT2D eigenvalue weighted by atomic mass is 10.1. The summed E-state index contributed by atoms with van der Waals surface area (Å²) in [5, 5.41) is 0. The predicted molar refractivity (Wildman–Crippen MR) is 106 cm³/mol. The van der Waals surface area contributed by atoms with Crippen LogP contribution in [-0.4, -0.2) is 39.1 Å². The number of carbonyl (C=O) groups excluding carboxylic acids is 2. The van der Waals surface area contributed by atoms with Crippen molar-refractivity contribution in [2.75, 3.05) is 17.6 Å². The van der Waals surface area contributed by atoms with E-state index in [0.29, 0.717) is 17.0 Å². The van der Waals surface area contributed by atoms with Gasteiger partial charge in [0.1, 0.15) is 5.75 Å². The van der Waals surface area contributed by atoms with Gasteiger partial charge in [-0.25, -0.2) is 8.42 Å². The van der Waals surface area contributed by atoms with Crippen molar-refractivity contribution in [2.24, 2.45) is 0 Å². The summed E-state index contributed by atoms with van der Waals surface area (Å²) in [6.07, 6.45) is 0.0964. The highest BCUT2D eigenvalue weighted by Crippen LogP contribution is 2.15. The molecule has 0 aliphatic heterocycles. The van der Waals surface area contributed by atoms with E-state index in [1.165, 1.54) is 31.2 Å². The maximum absolute atomic E-state index is 12.4. The smallest absolute Gasteiger partial charge is 0.309 e. The number of rotatable bonds is 9. The lowest BCUT2D eigenvalue weighted by molar-refractivity contribution is -0.146. The van der Waals surface area contributed by atoms with Crippen molar-refractivity contribution >= 4 is 27.5 Å². The number of anilines is 1. The van der Waals surface area contributed by atoms with Gasteiger partial charge in [-0.05, 0) is 55.8 Å². The molecule has 0 aliphatic rings. The highest BCUT2D eigenvalue weighted by Gasteiger charge is 2.19. The molecule has 1 N–H and O–H groups in total. The molecule has 0 spiro atoms. The number of sulfonamides is 1. The van der Waals surface area contributed by atoms with Crippen molar-refractivity contribution in [3.05, 3.63) is 59.7 Å². The number of nitrogens with one attached hydrogen (secondary N) is 1. The van der Waals surface area contributed by atoms with Crippen LogP contribution < -0.4 is 9.46 Å². The molecule has 2 aromatic rings. The Kier molecular flexibility index (Phi) is 7.17. The zero-order valence-electron chi connectivity index (χ0n) is 16.0. The molecular formula is C20H23NO6S. The minimum atomic E-state index is -3.39. The maximum atomic E-state index is 12.4. The Morgan fingerprint density at radius 1 is 1.11 bits per heavy atom. The molecule has 0 saturated heterocycles. The SMILES string of the molecule is Cc1cccc(OCCC(=O)O[C@@H](C)C(=O)c2ccc(NS(C)(=O)=O)cc2)c1. The van der Waals surface area contributed by atoms with E-state index in [-0.39, 0.29) is 18.8 Å². The molecule has 0 fully saturated rings. The van der Waals surface area contributed by atoms with Gasteiger partial charge in [0.15, 0.2) is 6.10 Å². The Balaban J connectivity index is 1.83. The van der Waals surface area contributed by atoms with E-state index in [0.717, 1.165) is 11.8 Å². The number of ether oxygens (including phenoxy) is 2. The summed E-state index contributed by atoms with van der Waals surface area (Å²) in [5.74, 6) is -0.248. The number of hydrogen-bond donors (Lipinski definition) is 1. The Morgan fingerprint density at radius 3 is 2.39 bits per heavy atom. The number of benzene rings is 2. The molecular weight excluding hydrogens is 382 g/mol. The van der Waals surface area contributed by atoms with Crippen molar-refractivity contribution in [3.8, 4) is 5.75 Å². The molecule has 2 rings (SSSR count). The molecule has 0 aliphatic carbocycles. The van der Waals surface area contributed by atoms with Crippen LogP contribution in [0.1, 0.15) is 29.3 Å². The van der Waals surface area contributed by atoms with E-state index >= 15 is 0 Å². The maximum Gasteiger partial charge on any atom is 0.309 e. The molecule has 0 heterocycles. The fourth-order valence-corrected chi connectivity index (χ4v) is 2.98. The van der Waals surface area contributed by atoms with E-state index in [4.69, 9.17) is 9.47 Å². The van der Waals surface area contributed by atoms with Crippen LogP contribution in [0.15, 0.2) is 48.5 Å². The molecule has 1 atom stereocenters. The van der Waals surface area contributed by atoms with Crippen LogP contribution in [0.3, 0.4) is 0 Å². The van der Waals surface area contributed by atoms with Gasteiger partial charge < -0.3 is 9.47 Å². The topological polar surface area (TPSA) is 98.8 Å². The van der Waals surface area contributed by atoms with Crippen LogP contribution in [-0.2, 0) is 19.6 Å². The Labute approximate surface area is 164 Å². The summed E-state index contributed by atoms with van der Waals surface area (Å²) in [7, 11) is -3.39. The molecule has 28 heavy (non-hydrogen) atoms. The van der Waals surface area contributed by atoms with Gasteiger partial charge in [-0.2, -0.15) is 0 Å². The lowest BCUT2D eigenvalue weighted by Gasteiger charge is -2.13. The third-order valence-corrected chi connectivity index (χ3v) is 4.32. The first-order chi connectivity index (χ1) is 13.1. The van der Waals surface area contributed by atoms with Gasteiger partial charge in [-0.15, -0.1) is 0 Å². The van der Waals surface area contributed by atoms with Crippen molar-refractivity contribution in [2.45, 2.75) is 26.4 Å². The normalized spacial score (nSPS) is 12.1. The first-order valence-electron chi connectivity index (χ1n) is 8.65. The molecule has 0 amide bonds. The summed E-state index contributed by atoms with van der Waals surface area (Å²) >= 11 is 0. The van der Waals surface area contributed by atoms with Crippen LogP contribution in [0.5, 0.6) is 5.75 Å². The van der Waals surface area contributed by atoms with Gasteiger partial charge in [0.05, 0.1) is 19.3 Å². The largest absolute Gasteiger partial charge is 0.493 e. The monoisotopic (exact) mass is 405 g/mol. The van der Waals surface area contributed by atoms with Crippen molar-refractivity contribution < 1.29 is 27.5 Å². The number of aryl methyl sites for hydroxylation is 1. The summed E-state index contributed by atoms with van der Waals surface area (Å²) in [6.45, 7) is 3.58. The Morgan fingerprint density at radius 2 is 1.79 bits per heavy atom. The third-order valence-electron chi connectivity index (χ3n) is 3.71. The lowest BCUT2D eigenvalue weighted by Crippen LogP contribution is -2.25. The van der Waals surface area contributed by atoms with E-state index in [9.17, 15) is 18.0 Å². The van der Waals surface area contributed by atoms with Crippen molar-refractivity contribution in [3.63, 3.8) is 0 Å². The molecule has 150 valence electrons. The van der Waals surface area contributed by atoms with Crippen LogP contribution in [0, 0.1) is 6.92 Å². The van der Waals surface area contributed by atoms with Gasteiger partial charge >= 0.3 is 5.97 Å². The van der Waals surface area contributed by atoms with Gasteiger partial charge in [0.2, 0.25) is 15.8 Å². The average Bonchev–Trinajstić information content (AvgIpc) is 2.60. The fourth-order valence-electron chi connectivity index (χ4n) is 2.42. The van der Waals surface area contributed by atoms with Gasteiger partial charge in [0.25, 0.3) is 0 Å². The molecule has 0 radical (unpaired) electrons. The Bertz CT molecular complexity index is 937. The summed E-state index contributed by atoms with van der Waals surface area (Å²) < 4.78 is 35.4. The number of esters is 1. The van der Waals surface area contributed by atoms with E-state index in [2.05, 4.69) is 4.72 Å². The summed E-state index contributed by atoms with van der Waals surface area (Å²) in [4.78, 5) is 24.3. The quantitative estimate of drug-likeness (QED) is 0.509. The fraction of sp³-hybridized carbons (Fsp3) is 0.300. The second-order valence-electron chi connectivity index (χ2n) is 6.36.